The second-order valence-corrected chi connectivity index (χ2v) is 6.18. The fraction of sp³-hybridized carbons (Fsp3) is 0.625. The average Bonchev–Trinajstić information content (AvgIpc) is 2.95. The van der Waals surface area contributed by atoms with Crippen LogP contribution in [0.1, 0.15) is 44.2 Å². The van der Waals surface area contributed by atoms with E-state index in [1.165, 1.54) is 31.7 Å². The lowest BCUT2D eigenvalue weighted by atomic mass is 10.1. The van der Waals surface area contributed by atoms with Crippen molar-refractivity contribution in [1.29, 1.82) is 0 Å². The van der Waals surface area contributed by atoms with Crippen LogP contribution in [0.4, 0.5) is 4.39 Å². The Bertz CT molecular complexity index is 432. The number of nitrogens with one attached hydrogen (secondary N) is 1. The van der Waals surface area contributed by atoms with Crippen LogP contribution in [0.25, 0.3) is 0 Å². The molecule has 1 aliphatic rings. The van der Waals surface area contributed by atoms with Gasteiger partial charge in [0.15, 0.2) is 0 Å². The number of likely N-dealkylation sites (N-methyl/N-ethyl adjacent to an activating group) is 1. The van der Waals surface area contributed by atoms with Crippen LogP contribution in [-0.4, -0.2) is 31.1 Å². The minimum atomic E-state index is -0.358. The first-order valence-electron chi connectivity index (χ1n) is 7.46. The Hall–Kier alpha value is -0.640. The molecule has 0 spiro atoms. The van der Waals surface area contributed by atoms with Gasteiger partial charge in [0, 0.05) is 25.2 Å². The Morgan fingerprint density at radius 2 is 2.10 bits per heavy atom. The maximum absolute atomic E-state index is 13.1. The lowest BCUT2D eigenvalue weighted by molar-refractivity contribution is 0.243. The van der Waals surface area contributed by atoms with Crippen LogP contribution in [0.5, 0.6) is 0 Å². The predicted molar refractivity (Wildman–Crippen MR) is 82.7 cm³/mol. The maximum atomic E-state index is 13.1. The van der Waals surface area contributed by atoms with Crippen molar-refractivity contribution in [1.82, 2.24) is 10.2 Å². The van der Waals surface area contributed by atoms with E-state index in [1.54, 1.807) is 12.1 Å². The third kappa shape index (κ3) is 4.18. The van der Waals surface area contributed by atoms with Gasteiger partial charge >= 0.3 is 0 Å². The lowest BCUT2D eigenvalue weighted by Crippen LogP contribution is -2.36. The first-order valence-corrected chi connectivity index (χ1v) is 7.84. The van der Waals surface area contributed by atoms with Crippen molar-refractivity contribution in [3.8, 4) is 0 Å². The van der Waals surface area contributed by atoms with Crippen LogP contribution in [-0.2, 0) is 0 Å². The molecule has 20 heavy (non-hydrogen) atoms. The second-order valence-electron chi connectivity index (χ2n) is 5.77. The maximum Gasteiger partial charge on any atom is 0.141 e. The Morgan fingerprint density at radius 1 is 1.40 bits per heavy atom. The molecule has 1 unspecified atom stereocenters. The number of halogens is 2. The van der Waals surface area contributed by atoms with E-state index in [0.717, 1.165) is 24.7 Å². The zero-order chi connectivity index (χ0) is 14.5. The number of hydrogen-bond donors (Lipinski definition) is 1. The van der Waals surface area contributed by atoms with Gasteiger partial charge in [-0.1, -0.05) is 30.5 Å². The summed E-state index contributed by atoms with van der Waals surface area (Å²) >= 11 is 5.82. The zero-order valence-electron chi connectivity index (χ0n) is 12.3. The molecule has 0 heterocycles. The van der Waals surface area contributed by atoms with Crippen molar-refractivity contribution in [2.75, 3.05) is 20.1 Å². The lowest BCUT2D eigenvalue weighted by Gasteiger charge is -2.25. The van der Waals surface area contributed by atoms with Gasteiger partial charge in [0.2, 0.25) is 0 Å². The van der Waals surface area contributed by atoms with Crippen LogP contribution >= 0.6 is 11.6 Å². The third-order valence-corrected chi connectivity index (χ3v) is 4.60. The largest absolute Gasteiger partial charge is 0.309 e. The molecule has 2 nitrogen and oxygen atoms in total. The number of benzene rings is 1. The molecule has 0 amide bonds. The van der Waals surface area contributed by atoms with E-state index < -0.39 is 0 Å². The van der Waals surface area contributed by atoms with Gasteiger partial charge in [-0.25, -0.2) is 4.39 Å². The van der Waals surface area contributed by atoms with Gasteiger partial charge in [0.1, 0.15) is 5.82 Å². The van der Waals surface area contributed by atoms with Crippen molar-refractivity contribution in [2.24, 2.45) is 0 Å². The Balaban J connectivity index is 1.76. The summed E-state index contributed by atoms with van der Waals surface area (Å²) in [4.78, 5) is 2.45. The van der Waals surface area contributed by atoms with Crippen molar-refractivity contribution in [3.63, 3.8) is 0 Å². The molecule has 1 aromatic rings. The highest BCUT2D eigenvalue weighted by atomic mass is 35.5. The summed E-state index contributed by atoms with van der Waals surface area (Å²) in [5.41, 5.74) is 1.03. The quantitative estimate of drug-likeness (QED) is 0.854. The smallest absolute Gasteiger partial charge is 0.141 e. The van der Waals surface area contributed by atoms with Gasteiger partial charge in [-0.2, -0.15) is 0 Å². The van der Waals surface area contributed by atoms with E-state index in [9.17, 15) is 4.39 Å². The summed E-state index contributed by atoms with van der Waals surface area (Å²) in [7, 11) is 2.21. The van der Waals surface area contributed by atoms with Crippen molar-refractivity contribution >= 4 is 11.6 Å². The zero-order valence-corrected chi connectivity index (χ0v) is 13.1. The highest BCUT2D eigenvalue weighted by Gasteiger charge is 2.19. The van der Waals surface area contributed by atoms with Crippen LogP contribution in [0.3, 0.4) is 0 Å². The molecule has 1 fully saturated rings. The third-order valence-electron chi connectivity index (χ3n) is 4.31. The number of rotatable bonds is 6. The molecule has 2 rings (SSSR count). The standard InChI is InChI=1S/C16H24ClFN2/c1-12(13-7-8-16(18)15(17)11-13)19-9-10-20(2)14-5-3-4-6-14/h7-8,11-12,14,19H,3-6,9-10H2,1-2H3. The van der Waals surface area contributed by atoms with Crippen molar-refractivity contribution in [3.05, 3.63) is 34.6 Å². The summed E-state index contributed by atoms with van der Waals surface area (Å²) < 4.78 is 13.1. The number of hydrogen-bond acceptors (Lipinski definition) is 2. The molecule has 1 atom stereocenters. The van der Waals surface area contributed by atoms with E-state index in [4.69, 9.17) is 11.6 Å². The second kappa shape index (κ2) is 7.39. The SMILES string of the molecule is CC(NCCN(C)C1CCCC1)c1ccc(F)c(Cl)c1. The normalized spacial score (nSPS) is 17.9. The van der Waals surface area contributed by atoms with E-state index >= 15 is 0 Å². The molecule has 0 bridgehead atoms. The molecule has 1 saturated carbocycles. The van der Waals surface area contributed by atoms with Gasteiger partial charge in [-0.15, -0.1) is 0 Å². The molecular formula is C16H24ClFN2. The van der Waals surface area contributed by atoms with Gasteiger partial charge in [0.25, 0.3) is 0 Å². The molecule has 0 aromatic heterocycles. The molecule has 0 saturated heterocycles. The topological polar surface area (TPSA) is 15.3 Å². The minimum absolute atomic E-state index is 0.185. The van der Waals surface area contributed by atoms with Crippen LogP contribution in [0.15, 0.2) is 18.2 Å². The summed E-state index contributed by atoms with van der Waals surface area (Å²) in [5.74, 6) is -0.358. The summed E-state index contributed by atoms with van der Waals surface area (Å²) in [5, 5.41) is 3.67. The van der Waals surface area contributed by atoms with Gasteiger partial charge in [0.05, 0.1) is 5.02 Å². The fourth-order valence-electron chi connectivity index (χ4n) is 2.88. The molecule has 1 aromatic carbocycles. The summed E-state index contributed by atoms with van der Waals surface area (Å²) in [6, 6.07) is 5.87. The van der Waals surface area contributed by atoms with Gasteiger partial charge in [-0.3, -0.25) is 0 Å². The first kappa shape index (κ1) is 15.7. The van der Waals surface area contributed by atoms with E-state index in [0.29, 0.717) is 0 Å². The Kier molecular flexibility index (Phi) is 5.82. The highest BCUT2D eigenvalue weighted by Crippen LogP contribution is 2.22. The van der Waals surface area contributed by atoms with E-state index in [-0.39, 0.29) is 16.9 Å². The summed E-state index contributed by atoms with van der Waals surface area (Å²) in [6.07, 6.45) is 5.40. The van der Waals surface area contributed by atoms with Gasteiger partial charge in [-0.05, 0) is 44.5 Å². The Morgan fingerprint density at radius 3 is 2.75 bits per heavy atom. The fourth-order valence-corrected chi connectivity index (χ4v) is 3.07. The molecule has 1 N–H and O–H groups in total. The predicted octanol–water partition coefficient (Wildman–Crippen LogP) is 4.00. The van der Waals surface area contributed by atoms with Crippen molar-refractivity contribution < 1.29 is 4.39 Å². The summed E-state index contributed by atoms with van der Waals surface area (Å²) in [6.45, 7) is 4.06. The van der Waals surface area contributed by atoms with E-state index in [2.05, 4.69) is 24.2 Å². The first-order chi connectivity index (χ1) is 9.58. The molecule has 4 heteroatoms. The Labute approximate surface area is 126 Å². The molecular weight excluding hydrogens is 275 g/mol. The minimum Gasteiger partial charge on any atom is -0.309 e. The number of nitrogens with zero attached hydrogens (tertiary/aromatic N) is 1. The van der Waals surface area contributed by atoms with Crippen LogP contribution in [0, 0.1) is 5.82 Å². The van der Waals surface area contributed by atoms with Crippen molar-refractivity contribution in [2.45, 2.75) is 44.7 Å². The monoisotopic (exact) mass is 298 g/mol. The highest BCUT2D eigenvalue weighted by molar-refractivity contribution is 6.30. The van der Waals surface area contributed by atoms with E-state index in [1.807, 2.05) is 0 Å². The average molecular weight is 299 g/mol. The molecule has 1 aliphatic carbocycles. The molecule has 0 radical (unpaired) electrons. The van der Waals surface area contributed by atoms with Crippen LogP contribution < -0.4 is 5.32 Å². The van der Waals surface area contributed by atoms with Gasteiger partial charge < -0.3 is 10.2 Å². The molecule has 0 aliphatic heterocycles. The molecule has 112 valence electrons. The van der Waals surface area contributed by atoms with Crippen LogP contribution in [0.2, 0.25) is 5.02 Å².